The van der Waals surface area contributed by atoms with Gasteiger partial charge in [-0.3, -0.25) is 0 Å². The molecular formula is C14H18IN3O. The number of unbranched alkanes of at least 4 members (excludes halogenated alkanes) is 2. The number of azide groups is 1. The third-order valence-corrected chi connectivity index (χ3v) is 3.50. The maximum atomic E-state index is 8.14. The van der Waals surface area contributed by atoms with Crippen LogP contribution in [0.25, 0.3) is 10.4 Å². The lowest BCUT2D eigenvalue weighted by atomic mass is 10.2. The van der Waals surface area contributed by atoms with Gasteiger partial charge in [0.1, 0.15) is 5.75 Å². The fraction of sp³-hybridized carbons (Fsp3) is 0.429. The van der Waals surface area contributed by atoms with Gasteiger partial charge in [-0.1, -0.05) is 52.8 Å². The van der Waals surface area contributed by atoms with E-state index >= 15 is 0 Å². The van der Waals surface area contributed by atoms with Gasteiger partial charge in [-0.05, 0) is 36.1 Å². The van der Waals surface area contributed by atoms with E-state index in [4.69, 9.17) is 10.3 Å². The summed E-state index contributed by atoms with van der Waals surface area (Å²) < 4.78 is 6.67. The van der Waals surface area contributed by atoms with Crippen LogP contribution in [0.4, 0.5) is 0 Å². The van der Waals surface area contributed by atoms with Crippen LogP contribution in [-0.2, 0) is 4.43 Å². The van der Waals surface area contributed by atoms with E-state index in [0.29, 0.717) is 6.54 Å². The topological polar surface area (TPSA) is 58.0 Å². The standard InChI is InChI=1S/C14H18IN3O/c1-12(5-3-2-4-10-17-18-16)19-14-8-6-13(11-15)7-9-14/h6-9H,1-5,10-11H2. The third-order valence-electron chi connectivity index (χ3n) is 2.62. The molecule has 1 rings (SSSR count). The average molecular weight is 371 g/mol. The van der Waals surface area contributed by atoms with Crippen molar-refractivity contribution in [1.82, 2.24) is 0 Å². The Labute approximate surface area is 127 Å². The van der Waals surface area contributed by atoms with Crippen LogP contribution in [0.2, 0.25) is 0 Å². The van der Waals surface area contributed by atoms with Crippen molar-refractivity contribution in [1.29, 1.82) is 0 Å². The highest BCUT2D eigenvalue weighted by molar-refractivity contribution is 14.1. The molecule has 0 spiro atoms. The first-order valence-corrected chi connectivity index (χ1v) is 7.80. The average Bonchev–Trinajstić information content (AvgIpc) is 2.43. The maximum Gasteiger partial charge on any atom is 0.126 e. The van der Waals surface area contributed by atoms with Crippen LogP contribution in [0.3, 0.4) is 0 Å². The minimum Gasteiger partial charge on any atom is -0.462 e. The summed E-state index contributed by atoms with van der Waals surface area (Å²) in [6, 6.07) is 8.07. The number of allylic oxidation sites excluding steroid dienone is 1. The highest BCUT2D eigenvalue weighted by atomic mass is 127. The first-order valence-electron chi connectivity index (χ1n) is 6.27. The highest BCUT2D eigenvalue weighted by Crippen LogP contribution is 2.18. The summed E-state index contributed by atoms with van der Waals surface area (Å²) in [4.78, 5) is 2.72. The SMILES string of the molecule is C=C(CCCCCN=[N+]=[N-])Oc1ccc(CI)cc1. The summed E-state index contributed by atoms with van der Waals surface area (Å²) in [7, 11) is 0. The van der Waals surface area contributed by atoms with Gasteiger partial charge < -0.3 is 4.74 Å². The Morgan fingerprint density at radius 1 is 1.26 bits per heavy atom. The molecule has 1 aromatic rings. The fourth-order valence-corrected chi connectivity index (χ4v) is 2.10. The van der Waals surface area contributed by atoms with E-state index < -0.39 is 0 Å². The van der Waals surface area contributed by atoms with Crippen molar-refractivity contribution in [3.8, 4) is 5.75 Å². The largest absolute Gasteiger partial charge is 0.462 e. The fourth-order valence-electron chi connectivity index (χ4n) is 1.59. The number of nitrogens with zero attached hydrogens (tertiary/aromatic N) is 3. The first-order chi connectivity index (χ1) is 9.26. The molecule has 0 saturated carbocycles. The van der Waals surface area contributed by atoms with Crippen LogP contribution in [0.5, 0.6) is 5.75 Å². The highest BCUT2D eigenvalue weighted by Gasteiger charge is 1.99. The lowest BCUT2D eigenvalue weighted by molar-refractivity contribution is 0.399. The number of alkyl halides is 1. The number of hydrogen-bond acceptors (Lipinski definition) is 2. The molecule has 0 radical (unpaired) electrons. The number of benzene rings is 1. The zero-order valence-electron chi connectivity index (χ0n) is 10.9. The molecular weight excluding hydrogens is 353 g/mol. The summed E-state index contributed by atoms with van der Waals surface area (Å²) >= 11 is 2.33. The molecule has 0 amide bonds. The van der Waals surface area contributed by atoms with Gasteiger partial charge in [0.05, 0.1) is 5.76 Å². The molecule has 0 heterocycles. The predicted octanol–water partition coefficient (Wildman–Crippen LogP) is 5.38. The second-order valence-corrected chi connectivity index (χ2v) is 4.95. The molecule has 0 aliphatic heterocycles. The van der Waals surface area contributed by atoms with Gasteiger partial charge >= 0.3 is 0 Å². The normalized spacial score (nSPS) is 9.74. The summed E-state index contributed by atoms with van der Waals surface area (Å²) in [5.41, 5.74) is 9.42. The van der Waals surface area contributed by atoms with E-state index in [1.807, 2.05) is 12.1 Å². The van der Waals surface area contributed by atoms with Gasteiger partial charge in [0.15, 0.2) is 0 Å². The van der Waals surface area contributed by atoms with Gasteiger partial charge in [0.25, 0.3) is 0 Å². The molecule has 0 aliphatic rings. The summed E-state index contributed by atoms with van der Waals surface area (Å²) in [6.45, 7) is 4.49. The molecule has 0 saturated heterocycles. The zero-order chi connectivity index (χ0) is 13.9. The van der Waals surface area contributed by atoms with Crippen molar-refractivity contribution < 1.29 is 4.74 Å². The molecule has 0 bridgehead atoms. The van der Waals surface area contributed by atoms with Gasteiger partial charge in [-0.15, -0.1) is 0 Å². The van der Waals surface area contributed by atoms with Crippen LogP contribution in [0, 0.1) is 0 Å². The number of ether oxygens (including phenoxy) is 1. The molecule has 0 aliphatic carbocycles. The molecule has 19 heavy (non-hydrogen) atoms. The summed E-state index contributed by atoms with van der Waals surface area (Å²) in [5.74, 6) is 1.62. The molecule has 5 heteroatoms. The maximum absolute atomic E-state index is 8.14. The van der Waals surface area contributed by atoms with Crippen molar-refractivity contribution in [2.45, 2.75) is 30.1 Å². The minimum absolute atomic E-state index is 0.571. The summed E-state index contributed by atoms with van der Waals surface area (Å²) in [5, 5.41) is 3.50. The molecule has 102 valence electrons. The number of hydrogen-bond donors (Lipinski definition) is 0. The number of rotatable bonds is 9. The lowest BCUT2D eigenvalue weighted by Gasteiger charge is -2.08. The van der Waals surface area contributed by atoms with Crippen molar-refractivity contribution >= 4 is 22.6 Å². The van der Waals surface area contributed by atoms with Gasteiger partial charge in [0.2, 0.25) is 0 Å². The van der Waals surface area contributed by atoms with Gasteiger partial charge in [0, 0.05) is 22.3 Å². The van der Waals surface area contributed by atoms with Crippen LogP contribution in [-0.4, -0.2) is 6.54 Å². The van der Waals surface area contributed by atoms with Crippen molar-refractivity contribution in [2.24, 2.45) is 5.11 Å². The third kappa shape index (κ3) is 7.08. The monoisotopic (exact) mass is 371 g/mol. The lowest BCUT2D eigenvalue weighted by Crippen LogP contribution is -1.94. The minimum atomic E-state index is 0.571. The van der Waals surface area contributed by atoms with E-state index in [1.54, 1.807) is 0 Å². The van der Waals surface area contributed by atoms with Crippen LogP contribution in [0.1, 0.15) is 31.2 Å². The van der Waals surface area contributed by atoms with E-state index in [9.17, 15) is 0 Å². The molecule has 0 N–H and O–H groups in total. The first kappa shape index (κ1) is 15.9. The smallest absolute Gasteiger partial charge is 0.126 e. The second kappa shape index (κ2) is 9.69. The Morgan fingerprint density at radius 2 is 2.00 bits per heavy atom. The van der Waals surface area contributed by atoms with E-state index in [-0.39, 0.29) is 0 Å². The molecule has 1 aromatic carbocycles. The molecule has 4 nitrogen and oxygen atoms in total. The predicted molar refractivity (Wildman–Crippen MR) is 86.4 cm³/mol. The Hall–Kier alpha value is -1.20. The zero-order valence-corrected chi connectivity index (χ0v) is 13.0. The molecule has 0 atom stereocenters. The Kier molecular flexibility index (Phi) is 8.09. The Balaban J connectivity index is 2.21. The van der Waals surface area contributed by atoms with E-state index in [0.717, 1.165) is 41.6 Å². The van der Waals surface area contributed by atoms with Crippen LogP contribution in [0.15, 0.2) is 41.7 Å². The van der Waals surface area contributed by atoms with E-state index in [2.05, 4.69) is 51.3 Å². The van der Waals surface area contributed by atoms with Crippen molar-refractivity contribution in [3.63, 3.8) is 0 Å². The summed E-state index contributed by atoms with van der Waals surface area (Å²) in [6.07, 6.45) is 3.78. The van der Waals surface area contributed by atoms with Crippen molar-refractivity contribution in [3.05, 3.63) is 52.6 Å². The van der Waals surface area contributed by atoms with Gasteiger partial charge in [-0.25, -0.2) is 0 Å². The second-order valence-electron chi connectivity index (χ2n) is 4.18. The Bertz CT molecular complexity index is 439. The van der Waals surface area contributed by atoms with Crippen LogP contribution >= 0.6 is 22.6 Å². The van der Waals surface area contributed by atoms with E-state index in [1.165, 1.54) is 5.56 Å². The van der Waals surface area contributed by atoms with Gasteiger partial charge in [-0.2, -0.15) is 0 Å². The molecule has 0 unspecified atom stereocenters. The Morgan fingerprint density at radius 3 is 2.63 bits per heavy atom. The van der Waals surface area contributed by atoms with Crippen LogP contribution < -0.4 is 4.74 Å². The molecule has 0 fully saturated rings. The molecule has 0 aromatic heterocycles. The quantitative estimate of drug-likeness (QED) is 0.109. The van der Waals surface area contributed by atoms with Crippen molar-refractivity contribution in [2.75, 3.05) is 6.54 Å². The number of halogens is 1.